The highest BCUT2D eigenvalue weighted by atomic mass is 16.7. The summed E-state index contributed by atoms with van der Waals surface area (Å²) in [5, 5.41) is 8.47. The molecule has 18 heavy (non-hydrogen) atoms. The number of hydrogen-bond donors (Lipinski definition) is 1. The zero-order valence-electron chi connectivity index (χ0n) is 11.2. The molecule has 6 nitrogen and oxygen atoms in total. The fourth-order valence-corrected chi connectivity index (χ4v) is 1.56. The second-order valence-electron chi connectivity index (χ2n) is 4.47. The summed E-state index contributed by atoms with van der Waals surface area (Å²) in [5.74, 6) is -0.491. The largest absolute Gasteiger partial charge is 0.394 e. The lowest BCUT2D eigenvalue weighted by atomic mass is 10.4. The summed E-state index contributed by atoms with van der Waals surface area (Å²) in [6.07, 6.45) is 0.00730. The first-order valence-corrected chi connectivity index (χ1v) is 6.30. The molecule has 0 radical (unpaired) electrons. The highest BCUT2D eigenvalue weighted by Gasteiger charge is 2.32. The SMILES string of the molecule is CC1(C)OCC(COCCOCCOCCO)O1. The molecule has 108 valence electrons. The van der Waals surface area contributed by atoms with Crippen molar-refractivity contribution in [3.05, 3.63) is 0 Å². The molecule has 1 saturated heterocycles. The minimum absolute atomic E-state index is 0.00730. The lowest BCUT2D eigenvalue weighted by Gasteiger charge is -2.17. The van der Waals surface area contributed by atoms with E-state index in [0.717, 1.165) is 0 Å². The highest BCUT2D eigenvalue weighted by molar-refractivity contribution is 4.70. The Morgan fingerprint density at radius 3 is 2.22 bits per heavy atom. The van der Waals surface area contributed by atoms with Crippen molar-refractivity contribution in [1.82, 2.24) is 0 Å². The van der Waals surface area contributed by atoms with Crippen molar-refractivity contribution in [3.8, 4) is 0 Å². The van der Waals surface area contributed by atoms with E-state index in [0.29, 0.717) is 46.2 Å². The van der Waals surface area contributed by atoms with Crippen molar-refractivity contribution in [2.24, 2.45) is 0 Å². The second kappa shape index (κ2) is 8.79. The molecule has 1 N–H and O–H groups in total. The van der Waals surface area contributed by atoms with Gasteiger partial charge in [-0.05, 0) is 13.8 Å². The molecule has 1 unspecified atom stereocenters. The van der Waals surface area contributed by atoms with E-state index in [1.165, 1.54) is 0 Å². The van der Waals surface area contributed by atoms with Crippen LogP contribution in [0.15, 0.2) is 0 Å². The van der Waals surface area contributed by atoms with E-state index < -0.39 is 5.79 Å². The van der Waals surface area contributed by atoms with E-state index in [9.17, 15) is 0 Å². The van der Waals surface area contributed by atoms with Gasteiger partial charge in [0.05, 0.1) is 52.9 Å². The van der Waals surface area contributed by atoms with Crippen LogP contribution in [-0.4, -0.2) is 69.9 Å². The maximum atomic E-state index is 8.47. The Labute approximate surface area is 108 Å². The molecule has 1 aliphatic heterocycles. The Kier molecular flexibility index (Phi) is 7.73. The van der Waals surface area contributed by atoms with Gasteiger partial charge in [0.1, 0.15) is 6.10 Å². The third kappa shape index (κ3) is 7.25. The molecular formula is C12H24O6. The molecule has 0 amide bonds. The van der Waals surface area contributed by atoms with E-state index in [1.807, 2.05) is 13.8 Å². The Bertz CT molecular complexity index is 209. The number of ether oxygens (including phenoxy) is 5. The van der Waals surface area contributed by atoms with Gasteiger partial charge in [-0.15, -0.1) is 0 Å². The van der Waals surface area contributed by atoms with Crippen LogP contribution in [0.4, 0.5) is 0 Å². The van der Waals surface area contributed by atoms with Crippen LogP contribution in [0.25, 0.3) is 0 Å². The van der Waals surface area contributed by atoms with Gasteiger partial charge in [-0.2, -0.15) is 0 Å². The molecule has 0 aromatic heterocycles. The van der Waals surface area contributed by atoms with Crippen molar-refractivity contribution in [3.63, 3.8) is 0 Å². The Morgan fingerprint density at radius 1 is 1.06 bits per heavy atom. The van der Waals surface area contributed by atoms with Crippen LogP contribution in [0, 0.1) is 0 Å². The van der Waals surface area contributed by atoms with Crippen molar-refractivity contribution in [2.45, 2.75) is 25.7 Å². The first kappa shape index (κ1) is 15.8. The van der Waals surface area contributed by atoms with E-state index in [1.54, 1.807) is 0 Å². The Morgan fingerprint density at radius 2 is 1.67 bits per heavy atom. The van der Waals surface area contributed by atoms with Crippen LogP contribution >= 0.6 is 0 Å². The van der Waals surface area contributed by atoms with Crippen LogP contribution in [0.3, 0.4) is 0 Å². The number of aliphatic hydroxyl groups is 1. The van der Waals surface area contributed by atoms with Crippen LogP contribution < -0.4 is 0 Å². The quantitative estimate of drug-likeness (QED) is 0.568. The zero-order valence-corrected chi connectivity index (χ0v) is 11.2. The average Bonchev–Trinajstić information content (AvgIpc) is 2.67. The molecule has 1 heterocycles. The summed E-state index contributed by atoms with van der Waals surface area (Å²) in [6, 6.07) is 0. The molecule has 0 aliphatic carbocycles. The molecular weight excluding hydrogens is 240 g/mol. The van der Waals surface area contributed by atoms with Gasteiger partial charge >= 0.3 is 0 Å². The predicted molar refractivity (Wildman–Crippen MR) is 64.4 cm³/mol. The van der Waals surface area contributed by atoms with Gasteiger partial charge in [-0.1, -0.05) is 0 Å². The fourth-order valence-electron chi connectivity index (χ4n) is 1.56. The monoisotopic (exact) mass is 264 g/mol. The summed E-state index contributed by atoms with van der Waals surface area (Å²) in [4.78, 5) is 0. The topological polar surface area (TPSA) is 66.4 Å². The number of aliphatic hydroxyl groups excluding tert-OH is 1. The molecule has 0 saturated carbocycles. The third-order valence-corrected chi connectivity index (χ3v) is 2.35. The maximum absolute atomic E-state index is 8.47. The average molecular weight is 264 g/mol. The van der Waals surface area contributed by atoms with Crippen LogP contribution in [-0.2, 0) is 23.7 Å². The third-order valence-electron chi connectivity index (χ3n) is 2.35. The summed E-state index contributed by atoms with van der Waals surface area (Å²) in [7, 11) is 0. The summed E-state index contributed by atoms with van der Waals surface area (Å²) < 4.78 is 26.8. The molecule has 0 aromatic rings. The van der Waals surface area contributed by atoms with E-state index in [4.69, 9.17) is 28.8 Å². The van der Waals surface area contributed by atoms with Gasteiger partial charge < -0.3 is 28.8 Å². The number of hydrogen-bond acceptors (Lipinski definition) is 6. The van der Waals surface area contributed by atoms with Crippen molar-refractivity contribution in [2.75, 3.05) is 52.9 Å². The van der Waals surface area contributed by atoms with E-state index >= 15 is 0 Å². The van der Waals surface area contributed by atoms with Crippen molar-refractivity contribution < 1.29 is 28.8 Å². The predicted octanol–water partition coefficient (Wildman–Crippen LogP) is 0.180. The van der Waals surface area contributed by atoms with Gasteiger partial charge in [0, 0.05) is 0 Å². The second-order valence-corrected chi connectivity index (χ2v) is 4.47. The summed E-state index contributed by atoms with van der Waals surface area (Å²) >= 11 is 0. The standard InChI is InChI=1S/C12H24O6/c1-12(2)17-10-11(18-12)9-16-8-7-15-6-5-14-4-3-13/h11,13H,3-10H2,1-2H3. The molecule has 1 atom stereocenters. The summed E-state index contributed by atoms with van der Waals surface area (Å²) in [5.41, 5.74) is 0. The van der Waals surface area contributed by atoms with Crippen LogP contribution in [0.5, 0.6) is 0 Å². The lowest BCUT2D eigenvalue weighted by Crippen LogP contribution is -2.24. The lowest BCUT2D eigenvalue weighted by molar-refractivity contribution is -0.145. The van der Waals surface area contributed by atoms with Gasteiger partial charge in [0.25, 0.3) is 0 Å². The summed E-state index contributed by atoms with van der Waals surface area (Å²) in [6.45, 7) is 7.34. The van der Waals surface area contributed by atoms with Crippen molar-refractivity contribution in [1.29, 1.82) is 0 Å². The minimum atomic E-state index is -0.491. The molecule has 0 aromatic carbocycles. The van der Waals surface area contributed by atoms with Gasteiger partial charge in [-0.25, -0.2) is 0 Å². The molecule has 0 bridgehead atoms. The van der Waals surface area contributed by atoms with Gasteiger partial charge in [0.2, 0.25) is 0 Å². The van der Waals surface area contributed by atoms with E-state index in [2.05, 4.69) is 0 Å². The van der Waals surface area contributed by atoms with Crippen LogP contribution in [0.1, 0.15) is 13.8 Å². The number of rotatable bonds is 10. The molecule has 6 heteroatoms. The minimum Gasteiger partial charge on any atom is -0.394 e. The normalized spacial score (nSPS) is 22.5. The van der Waals surface area contributed by atoms with Crippen molar-refractivity contribution >= 4 is 0 Å². The van der Waals surface area contributed by atoms with Gasteiger partial charge in [-0.3, -0.25) is 0 Å². The van der Waals surface area contributed by atoms with Crippen LogP contribution in [0.2, 0.25) is 0 Å². The zero-order chi connectivity index (χ0) is 13.3. The Hall–Kier alpha value is -0.240. The molecule has 0 spiro atoms. The first-order valence-electron chi connectivity index (χ1n) is 6.30. The highest BCUT2D eigenvalue weighted by Crippen LogP contribution is 2.22. The molecule has 1 fully saturated rings. The van der Waals surface area contributed by atoms with E-state index in [-0.39, 0.29) is 12.7 Å². The smallest absolute Gasteiger partial charge is 0.163 e. The fraction of sp³-hybridized carbons (Fsp3) is 1.00. The molecule has 1 aliphatic rings. The Balaban J connectivity index is 1.82. The maximum Gasteiger partial charge on any atom is 0.163 e. The first-order chi connectivity index (χ1) is 8.64. The van der Waals surface area contributed by atoms with Gasteiger partial charge in [0.15, 0.2) is 5.79 Å². The molecule has 1 rings (SSSR count).